The predicted molar refractivity (Wildman–Crippen MR) is 131 cm³/mol. The molecule has 1 aromatic heterocycles. The maximum atomic E-state index is 12.3. The molecule has 0 saturated heterocycles. The lowest BCUT2D eigenvalue weighted by Crippen LogP contribution is -2.34. The van der Waals surface area contributed by atoms with E-state index in [4.69, 9.17) is 14.2 Å². The van der Waals surface area contributed by atoms with Crippen LogP contribution in [0.3, 0.4) is 0 Å². The summed E-state index contributed by atoms with van der Waals surface area (Å²) in [5.41, 5.74) is 2.23. The van der Waals surface area contributed by atoms with E-state index in [-0.39, 0.29) is 36.6 Å². The van der Waals surface area contributed by atoms with Gasteiger partial charge in [0, 0.05) is 18.2 Å². The van der Waals surface area contributed by atoms with E-state index in [1.807, 2.05) is 24.3 Å². The van der Waals surface area contributed by atoms with Crippen molar-refractivity contribution in [3.63, 3.8) is 0 Å². The quantitative estimate of drug-likeness (QED) is 0.521. The molecule has 0 radical (unpaired) electrons. The summed E-state index contributed by atoms with van der Waals surface area (Å²) in [5, 5.41) is 7.19. The summed E-state index contributed by atoms with van der Waals surface area (Å²) >= 11 is 0. The molecule has 0 aliphatic carbocycles. The normalized spacial score (nSPS) is 11.1. The molecule has 34 heavy (non-hydrogen) atoms. The van der Waals surface area contributed by atoms with Gasteiger partial charge in [0.2, 0.25) is 0 Å². The molecule has 3 aromatic rings. The summed E-state index contributed by atoms with van der Waals surface area (Å²) in [5.74, 6) is 1.61. The van der Waals surface area contributed by atoms with Gasteiger partial charge < -0.3 is 19.5 Å². The van der Waals surface area contributed by atoms with Gasteiger partial charge in [-0.05, 0) is 47.4 Å². The van der Waals surface area contributed by atoms with Gasteiger partial charge in [-0.2, -0.15) is 5.10 Å². The van der Waals surface area contributed by atoms with Crippen molar-refractivity contribution >= 4 is 5.91 Å². The van der Waals surface area contributed by atoms with Crippen molar-refractivity contribution in [1.82, 2.24) is 15.1 Å². The molecule has 0 spiro atoms. The Labute approximate surface area is 199 Å². The molecular weight excluding hydrogens is 434 g/mol. The van der Waals surface area contributed by atoms with Crippen LogP contribution in [-0.2, 0) is 16.8 Å². The number of rotatable bonds is 9. The highest BCUT2D eigenvalue weighted by Crippen LogP contribution is 2.31. The molecule has 0 aliphatic rings. The molecule has 8 nitrogen and oxygen atoms in total. The van der Waals surface area contributed by atoms with Crippen molar-refractivity contribution in [2.24, 2.45) is 0 Å². The van der Waals surface area contributed by atoms with E-state index in [1.54, 1.807) is 38.5 Å². The van der Waals surface area contributed by atoms with Crippen molar-refractivity contribution < 1.29 is 19.0 Å². The number of nitrogens with zero attached hydrogens (tertiary/aromatic N) is 2. The van der Waals surface area contributed by atoms with Crippen molar-refractivity contribution in [2.45, 2.75) is 32.7 Å². The first kappa shape index (κ1) is 24.8. The van der Waals surface area contributed by atoms with Gasteiger partial charge in [-0.15, -0.1) is 0 Å². The first-order valence-corrected chi connectivity index (χ1v) is 11.0. The third-order valence-corrected chi connectivity index (χ3v) is 5.29. The summed E-state index contributed by atoms with van der Waals surface area (Å²) in [4.78, 5) is 24.5. The van der Waals surface area contributed by atoms with E-state index in [0.29, 0.717) is 28.5 Å². The molecule has 0 fully saturated rings. The van der Waals surface area contributed by atoms with Crippen LogP contribution in [0.2, 0.25) is 0 Å². The van der Waals surface area contributed by atoms with Crippen molar-refractivity contribution in [1.29, 1.82) is 0 Å². The van der Waals surface area contributed by atoms with Gasteiger partial charge in [0.15, 0.2) is 6.61 Å². The number of carbonyl (C=O) groups is 1. The van der Waals surface area contributed by atoms with E-state index < -0.39 is 0 Å². The highest BCUT2D eigenvalue weighted by atomic mass is 16.5. The van der Waals surface area contributed by atoms with Gasteiger partial charge >= 0.3 is 0 Å². The van der Waals surface area contributed by atoms with Crippen LogP contribution in [0.5, 0.6) is 17.2 Å². The number of aromatic nitrogens is 2. The zero-order valence-electron chi connectivity index (χ0n) is 20.3. The van der Waals surface area contributed by atoms with E-state index in [2.05, 4.69) is 31.2 Å². The molecule has 8 heteroatoms. The topological polar surface area (TPSA) is 91.7 Å². The van der Waals surface area contributed by atoms with Crippen LogP contribution < -0.4 is 25.1 Å². The lowest BCUT2D eigenvalue weighted by Gasteiger charge is -2.19. The summed E-state index contributed by atoms with van der Waals surface area (Å²) in [6.45, 7) is 6.75. The molecule has 1 heterocycles. The van der Waals surface area contributed by atoms with E-state index in [1.165, 1.54) is 16.3 Å². The molecule has 0 atom stereocenters. The fourth-order valence-corrected chi connectivity index (χ4v) is 3.32. The minimum Gasteiger partial charge on any atom is -0.497 e. The monoisotopic (exact) mass is 465 g/mol. The molecule has 180 valence electrons. The third-order valence-electron chi connectivity index (χ3n) is 5.29. The average Bonchev–Trinajstić information content (AvgIpc) is 2.83. The Kier molecular flexibility index (Phi) is 7.94. The Morgan fingerprint density at radius 3 is 2.32 bits per heavy atom. The van der Waals surface area contributed by atoms with Crippen molar-refractivity contribution in [3.05, 3.63) is 70.5 Å². The third kappa shape index (κ3) is 6.37. The lowest BCUT2D eigenvalue weighted by atomic mass is 9.87. The van der Waals surface area contributed by atoms with E-state index in [9.17, 15) is 9.59 Å². The zero-order chi connectivity index (χ0) is 24.7. The smallest absolute Gasteiger partial charge is 0.266 e. The molecule has 0 saturated carbocycles. The van der Waals surface area contributed by atoms with Gasteiger partial charge in [0.1, 0.15) is 17.2 Å². The number of hydrogen-bond acceptors (Lipinski definition) is 6. The van der Waals surface area contributed by atoms with Gasteiger partial charge in [-0.25, -0.2) is 4.68 Å². The Hall–Kier alpha value is -3.81. The van der Waals surface area contributed by atoms with Crippen LogP contribution in [0.25, 0.3) is 11.3 Å². The molecule has 0 aliphatic heterocycles. The Morgan fingerprint density at radius 1 is 0.971 bits per heavy atom. The number of carbonyl (C=O) groups excluding carboxylic acids is 1. The van der Waals surface area contributed by atoms with Crippen LogP contribution >= 0.6 is 0 Å². The second-order valence-corrected chi connectivity index (χ2v) is 8.76. The highest BCUT2D eigenvalue weighted by Gasteiger charge is 2.14. The van der Waals surface area contributed by atoms with Crippen LogP contribution in [0, 0.1) is 0 Å². The first-order chi connectivity index (χ1) is 16.2. The Balaban J connectivity index is 1.58. The largest absolute Gasteiger partial charge is 0.497 e. The number of methoxy groups -OCH3 is 2. The summed E-state index contributed by atoms with van der Waals surface area (Å²) in [6.07, 6.45) is 0. The standard InChI is InChI=1S/C26H31N3O5/c1-26(2,3)18-6-8-19(9-7-18)34-17-24(30)27-14-15-29-25(31)13-11-22(28-29)21-16-20(32-4)10-12-23(21)33-5/h6-13,16H,14-15,17H2,1-5H3,(H,27,30). The average molecular weight is 466 g/mol. The second-order valence-electron chi connectivity index (χ2n) is 8.76. The summed E-state index contributed by atoms with van der Waals surface area (Å²) in [6, 6.07) is 16.1. The van der Waals surface area contributed by atoms with Crippen molar-refractivity contribution in [3.8, 4) is 28.5 Å². The summed E-state index contributed by atoms with van der Waals surface area (Å²) in [7, 11) is 3.14. The van der Waals surface area contributed by atoms with Crippen LogP contribution in [0.1, 0.15) is 26.3 Å². The molecule has 3 rings (SSSR count). The fraction of sp³-hybridized carbons (Fsp3) is 0.346. The minimum absolute atomic E-state index is 0.0526. The predicted octanol–water partition coefficient (Wildman–Crippen LogP) is 3.42. The van der Waals surface area contributed by atoms with Crippen LogP contribution in [0.15, 0.2) is 59.4 Å². The van der Waals surface area contributed by atoms with E-state index in [0.717, 1.165) is 0 Å². The number of hydrogen-bond donors (Lipinski definition) is 1. The fourth-order valence-electron chi connectivity index (χ4n) is 3.32. The van der Waals surface area contributed by atoms with E-state index >= 15 is 0 Å². The number of ether oxygens (including phenoxy) is 3. The minimum atomic E-state index is -0.279. The Bertz CT molecular complexity index is 1180. The number of amides is 1. The van der Waals surface area contributed by atoms with Gasteiger partial charge in [0.25, 0.3) is 11.5 Å². The lowest BCUT2D eigenvalue weighted by molar-refractivity contribution is -0.123. The SMILES string of the molecule is COc1ccc(OC)c(-c2ccc(=O)n(CCNC(=O)COc3ccc(C(C)(C)C)cc3)n2)c1. The molecule has 1 amide bonds. The van der Waals surface area contributed by atoms with Crippen LogP contribution in [-0.4, -0.2) is 43.1 Å². The van der Waals surface area contributed by atoms with Gasteiger partial charge in [0.05, 0.1) is 26.5 Å². The van der Waals surface area contributed by atoms with Gasteiger partial charge in [-0.3, -0.25) is 9.59 Å². The van der Waals surface area contributed by atoms with Gasteiger partial charge in [-0.1, -0.05) is 32.9 Å². The molecule has 0 bridgehead atoms. The first-order valence-electron chi connectivity index (χ1n) is 11.0. The molecule has 1 N–H and O–H groups in total. The zero-order valence-corrected chi connectivity index (χ0v) is 20.3. The van der Waals surface area contributed by atoms with Crippen molar-refractivity contribution in [2.75, 3.05) is 27.4 Å². The number of nitrogens with one attached hydrogen (secondary N) is 1. The highest BCUT2D eigenvalue weighted by molar-refractivity contribution is 5.77. The second kappa shape index (κ2) is 10.9. The van der Waals surface area contributed by atoms with Crippen LogP contribution in [0.4, 0.5) is 0 Å². The maximum absolute atomic E-state index is 12.3. The molecule has 2 aromatic carbocycles. The molecule has 0 unspecified atom stereocenters. The summed E-state index contributed by atoms with van der Waals surface area (Å²) < 4.78 is 17.6. The molecular formula is C26H31N3O5. The number of benzene rings is 2. The Morgan fingerprint density at radius 2 is 1.68 bits per heavy atom. The maximum Gasteiger partial charge on any atom is 0.266 e.